The molecule has 0 radical (unpaired) electrons. The summed E-state index contributed by atoms with van der Waals surface area (Å²) in [6.45, 7) is 0. The molecule has 1 aliphatic carbocycles. The lowest BCUT2D eigenvalue weighted by molar-refractivity contribution is 0.0887. The summed E-state index contributed by atoms with van der Waals surface area (Å²) in [6, 6.07) is 8.11. The van der Waals surface area contributed by atoms with E-state index in [1.807, 2.05) is 0 Å². The van der Waals surface area contributed by atoms with Crippen LogP contribution in [-0.4, -0.2) is 11.6 Å². The number of hydrogen-bond donors (Lipinski definition) is 0. The Morgan fingerprint density at radius 3 is 2.00 bits per heavy atom. The fourth-order valence-corrected chi connectivity index (χ4v) is 2.70. The van der Waals surface area contributed by atoms with Crippen molar-refractivity contribution in [2.45, 2.75) is 5.92 Å². The van der Waals surface area contributed by atoms with Crippen molar-refractivity contribution >= 4 is 27.5 Å². The first-order valence-electron chi connectivity index (χ1n) is 5.82. The maximum Gasteiger partial charge on any atom is 0.178 e. The quantitative estimate of drug-likeness (QED) is 0.584. The first kappa shape index (κ1) is 13.1. The molecule has 3 rings (SSSR count). The van der Waals surface area contributed by atoms with Crippen molar-refractivity contribution in [3.05, 3.63) is 69.2 Å². The van der Waals surface area contributed by atoms with Crippen molar-refractivity contribution < 1.29 is 18.4 Å². The predicted molar refractivity (Wildman–Crippen MR) is 71.9 cm³/mol. The SMILES string of the molecule is O=C1c2ccccc2C(=O)C1c1cc(F)c(Br)cc1F. The third-order valence-corrected chi connectivity index (χ3v) is 3.94. The van der Waals surface area contributed by atoms with Crippen molar-refractivity contribution in [1.82, 2.24) is 0 Å². The maximum absolute atomic E-state index is 14.0. The van der Waals surface area contributed by atoms with E-state index < -0.39 is 29.1 Å². The molecule has 0 bridgehead atoms. The molecule has 0 atom stereocenters. The summed E-state index contributed by atoms with van der Waals surface area (Å²) >= 11 is 2.86. The number of fused-ring (bicyclic) bond motifs is 1. The molecule has 2 nitrogen and oxygen atoms in total. The highest BCUT2D eigenvalue weighted by Gasteiger charge is 2.40. The van der Waals surface area contributed by atoms with Gasteiger partial charge in [-0.15, -0.1) is 0 Å². The van der Waals surface area contributed by atoms with Crippen molar-refractivity contribution in [2.24, 2.45) is 0 Å². The van der Waals surface area contributed by atoms with Gasteiger partial charge in [0.15, 0.2) is 11.6 Å². The predicted octanol–water partition coefficient (Wildman–Crippen LogP) is 3.89. The van der Waals surface area contributed by atoms with Gasteiger partial charge in [0, 0.05) is 16.7 Å². The number of rotatable bonds is 1. The molecule has 0 saturated carbocycles. The van der Waals surface area contributed by atoms with Crippen molar-refractivity contribution in [3.63, 3.8) is 0 Å². The second-order valence-corrected chi connectivity index (χ2v) is 5.35. The van der Waals surface area contributed by atoms with Crippen LogP contribution in [0.15, 0.2) is 40.9 Å². The van der Waals surface area contributed by atoms with E-state index in [1.165, 1.54) is 12.1 Å². The van der Waals surface area contributed by atoms with E-state index >= 15 is 0 Å². The largest absolute Gasteiger partial charge is 0.293 e. The van der Waals surface area contributed by atoms with Gasteiger partial charge in [-0.2, -0.15) is 0 Å². The molecule has 0 amide bonds. The van der Waals surface area contributed by atoms with Crippen molar-refractivity contribution in [3.8, 4) is 0 Å². The van der Waals surface area contributed by atoms with Crippen LogP contribution >= 0.6 is 15.9 Å². The Balaban J connectivity index is 2.17. The first-order chi connectivity index (χ1) is 9.50. The molecule has 20 heavy (non-hydrogen) atoms. The number of hydrogen-bond acceptors (Lipinski definition) is 2. The van der Waals surface area contributed by atoms with Gasteiger partial charge in [-0.1, -0.05) is 24.3 Å². The minimum atomic E-state index is -1.30. The molecule has 0 spiro atoms. The fourth-order valence-electron chi connectivity index (χ4n) is 2.38. The zero-order chi connectivity index (χ0) is 14.4. The van der Waals surface area contributed by atoms with Crippen molar-refractivity contribution in [1.29, 1.82) is 0 Å². The van der Waals surface area contributed by atoms with E-state index in [-0.39, 0.29) is 21.2 Å². The van der Waals surface area contributed by atoms with Crippen LogP contribution < -0.4 is 0 Å². The highest BCUT2D eigenvalue weighted by atomic mass is 79.9. The minimum Gasteiger partial charge on any atom is -0.293 e. The number of carbonyl (C=O) groups is 2. The molecule has 0 heterocycles. The second kappa shape index (κ2) is 4.59. The third-order valence-electron chi connectivity index (χ3n) is 3.33. The van der Waals surface area contributed by atoms with Gasteiger partial charge in [-0.3, -0.25) is 9.59 Å². The van der Waals surface area contributed by atoms with Gasteiger partial charge in [0.05, 0.1) is 4.47 Å². The Hall–Kier alpha value is -1.88. The second-order valence-electron chi connectivity index (χ2n) is 4.49. The lowest BCUT2D eigenvalue weighted by Crippen LogP contribution is -2.15. The molecule has 0 saturated heterocycles. The molecule has 100 valence electrons. The number of ketones is 2. The number of Topliss-reactive ketones (excluding diaryl/α,β-unsaturated/α-hetero) is 2. The fraction of sp³-hybridized carbons (Fsp3) is 0.0667. The van der Waals surface area contributed by atoms with Crippen LogP contribution in [0.2, 0.25) is 0 Å². The smallest absolute Gasteiger partial charge is 0.178 e. The molecule has 1 aliphatic rings. The van der Waals surface area contributed by atoms with E-state index in [0.29, 0.717) is 0 Å². The van der Waals surface area contributed by atoms with Crippen LogP contribution in [0.3, 0.4) is 0 Å². The highest BCUT2D eigenvalue weighted by Crippen LogP contribution is 2.36. The molecular weight excluding hydrogens is 330 g/mol. The van der Waals surface area contributed by atoms with Crippen LogP contribution in [0, 0.1) is 11.6 Å². The molecule has 5 heteroatoms. The van der Waals surface area contributed by atoms with Gasteiger partial charge in [-0.25, -0.2) is 8.78 Å². The van der Waals surface area contributed by atoms with Crippen LogP contribution in [-0.2, 0) is 0 Å². The lowest BCUT2D eigenvalue weighted by Gasteiger charge is -2.09. The summed E-state index contributed by atoms with van der Waals surface area (Å²) in [7, 11) is 0. The maximum atomic E-state index is 14.0. The summed E-state index contributed by atoms with van der Waals surface area (Å²) in [6.07, 6.45) is 0. The van der Waals surface area contributed by atoms with E-state index in [2.05, 4.69) is 15.9 Å². The molecule has 2 aromatic rings. The van der Waals surface area contributed by atoms with Gasteiger partial charge in [0.1, 0.15) is 17.6 Å². The Morgan fingerprint density at radius 2 is 1.45 bits per heavy atom. The Labute approximate surface area is 121 Å². The normalized spacial score (nSPS) is 14.8. The average Bonchev–Trinajstić information content (AvgIpc) is 2.68. The van der Waals surface area contributed by atoms with Gasteiger partial charge in [0.2, 0.25) is 0 Å². The van der Waals surface area contributed by atoms with E-state index in [0.717, 1.165) is 12.1 Å². The number of benzene rings is 2. The lowest BCUT2D eigenvalue weighted by atomic mass is 9.94. The molecule has 2 aromatic carbocycles. The summed E-state index contributed by atoms with van der Waals surface area (Å²) < 4.78 is 27.5. The Kier molecular flexibility index (Phi) is 3.01. The standard InChI is InChI=1S/C15H7BrF2O2/c16-10-6-11(17)9(5-12(10)18)13-14(19)7-3-1-2-4-8(7)15(13)20/h1-6,13H. The zero-order valence-electron chi connectivity index (χ0n) is 9.99. The molecule has 0 aliphatic heterocycles. The van der Waals surface area contributed by atoms with Crippen LogP contribution in [0.4, 0.5) is 8.78 Å². The summed E-state index contributed by atoms with van der Waals surface area (Å²) in [5.74, 6) is -3.77. The van der Waals surface area contributed by atoms with Crippen LogP contribution in [0.5, 0.6) is 0 Å². The summed E-state index contributed by atoms with van der Waals surface area (Å²) in [5, 5.41) is 0. The number of carbonyl (C=O) groups excluding carboxylic acids is 2. The monoisotopic (exact) mass is 336 g/mol. The molecule has 0 fully saturated rings. The Bertz CT molecular complexity index is 721. The van der Waals surface area contributed by atoms with Gasteiger partial charge >= 0.3 is 0 Å². The average molecular weight is 337 g/mol. The summed E-state index contributed by atoms with van der Waals surface area (Å²) in [4.78, 5) is 24.5. The third kappa shape index (κ3) is 1.81. The minimum absolute atomic E-state index is 0.0471. The van der Waals surface area contributed by atoms with Gasteiger partial charge in [0.25, 0.3) is 0 Å². The molecule has 0 N–H and O–H groups in total. The first-order valence-corrected chi connectivity index (χ1v) is 6.62. The van der Waals surface area contributed by atoms with Crippen molar-refractivity contribution in [2.75, 3.05) is 0 Å². The summed E-state index contributed by atoms with van der Waals surface area (Å²) in [5.41, 5.74) is 0.285. The highest BCUT2D eigenvalue weighted by molar-refractivity contribution is 9.10. The number of halogens is 3. The van der Waals surface area contributed by atoms with Gasteiger partial charge in [-0.05, 0) is 28.1 Å². The van der Waals surface area contributed by atoms with Crippen LogP contribution in [0.25, 0.3) is 0 Å². The molecular formula is C15H7BrF2O2. The topological polar surface area (TPSA) is 34.1 Å². The molecule has 0 unspecified atom stereocenters. The zero-order valence-corrected chi connectivity index (χ0v) is 11.6. The Morgan fingerprint density at radius 1 is 0.900 bits per heavy atom. The van der Waals surface area contributed by atoms with Gasteiger partial charge < -0.3 is 0 Å². The van der Waals surface area contributed by atoms with E-state index in [9.17, 15) is 18.4 Å². The molecule has 0 aromatic heterocycles. The van der Waals surface area contributed by atoms with E-state index in [4.69, 9.17) is 0 Å². The van der Waals surface area contributed by atoms with Crippen LogP contribution in [0.1, 0.15) is 32.2 Å². The van der Waals surface area contributed by atoms with E-state index in [1.54, 1.807) is 12.1 Å².